The predicted molar refractivity (Wildman–Crippen MR) is 79.3 cm³/mol. The van der Waals surface area contributed by atoms with Gasteiger partial charge < -0.3 is 9.47 Å². The van der Waals surface area contributed by atoms with Gasteiger partial charge in [0.15, 0.2) is 0 Å². The molecule has 0 amide bonds. The second kappa shape index (κ2) is 6.40. The maximum Gasteiger partial charge on any atom is 0.319 e. The summed E-state index contributed by atoms with van der Waals surface area (Å²) in [5, 5.41) is 8.77. The molecule has 112 valence electrons. The molecule has 1 aromatic carbocycles. The summed E-state index contributed by atoms with van der Waals surface area (Å²) in [5.41, 5.74) is 1.54. The first-order valence-electron chi connectivity index (χ1n) is 6.41. The fourth-order valence-corrected chi connectivity index (χ4v) is 1.86. The Bertz CT molecular complexity index is 760. The molecular formula is C14H12ClN5O2. The smallest absolute Gasteiger partial charge is 0.319 e. The van der Waals surface area contributed by atoms with Crippen LogP contribution in [0.25, 0.3) is 5.69 Å². The third kappa shape index (κ3) is 3.32. The largest absolute Gasteiger partial charge is 0.471 e. The molecule has 0 aliphatic heterocycles. The van der Waals surface area contributed by atoms with Gasteiger partial charge >= 0.3 is 6.01 Å². The molecule has 22 heavy (non-hydrogen) atoms. The van der Waals surface area contributed by atoms with E-state index in [4.69, 9.17) is 21.1 Å². The topological polar surface area (TPSA) is 75.0 Å². The van der Waals surface area contributed by atoms with Crippen molar-refractivity contribution in [2.24, 2.45) is 0 Å². The first-order chi connectivity index (χ1) is 10.7. The number of ether oxygens (including phenoxy) is 2. The monoisotopic (exact) mass is 317 g/mol. The van der Waals surface area contributed by atoms with E-state index in [2.05, 4.69) is 20.3 Å². The molecule has 0 aliphatic rings. The fourth-order valence-electron chi connectivity index (χ4n) is 1.74. The second-order valence-corrected chi connectivity index (χ2v) is 4.74. The summed E-state index contributed by atoms with van der Waals surface area (Å²) in [4.78, 5) is 7.96. The minimum absolute atomic E-state index is 0.244. The first kappa shape index (κ1) is 14.3. The van der Waals surface area contributed by atoms with E-state index in [1.165, 1.54) is 7.11 Å². The molecule has 0 bridgehead atoms. The van der Waals surface area contributed by atoms with Gasteiger partial charge in [-0.2, -0.15) is 4.98 Å². The number of benzene rings is 1. The van der Waals surface area contributed by atoms with Crippen molar-refractivity contribution in [2.75, 3.05) is 7.11 Å². The van der Waals surface area contributed by atoms with Crippen molar-refractivity contribution in [1.29, 1.82) is 0 Å². The summed E-state index contributed by atoms with van der Waals surface area (Å²) >= 11 is 5.86. The average molecular weight is 318 g/mol. The maximum absolute atomic E-state index is 5.86. The molecule has 0 saturated carbocycles. The third-order valence-corrected chi connectivity index (χ3v) is 3.04. The zero-order valence-corrected chi connectivity index (χ0v) is 12.4. The molecule has 0 fully saturated rings. The lowest BCUT2D eigenvalue weighted by molar-refractivity contribution is 0.280. The predicted octanol–water partition coefficient (Wildman–Crippen LogP) is 2.30. The number of aromatic nitrogens is 5. The number of hydrogen-bond acceptors (Lipinski definition) is 6. The summed E-state index contributed by atoms with van der Waals surface area (Å²) in [5.74, 6) is 0.410. The van der Waals surface area contributed by atoms with Crippen LogP contribution in [0.4, 0.5) is 0 Å². The van der Waals surface area contributed by atoms with Crippen LogP contribution in [0.15, 0.2) is 42.7 Å². The molecule has 0 saturated heterocycles. The van der Waals surface area contributed by atoms with E-state index < -0.39 is 0 Å². The Hall–Kier alpha value is -2.67. The Balaban J connectivity index is 1.67. The molecule has 3 aromatic rings. The average Bonchev–Trinajstić information content (AvgIpc) is 3.03. The van der Waals surface area contributed by atoms with Gasteiger partial charge in [-0.05, 0) is 24.3 Å². The Kier molecular flexibility index (Phi) is 4.15. The molecule has 2 heterocycles. The van der Waals surface area contributed by atoms with Crippen LogP contribution in [-0.2, 0) is 6.61 Å². The van der Waals surface area contributed by atoms with Crippen LogP contribution in [0.1, 0.15) is 5.69 Å². The summed E-state index contributed by atoms with van der Waals surface area (Å²) in [6, 6.07) is 9.20. The van der Waals surface area contributed by atoms with Crippen molar-refractivity contribution in [3.05, 3.63) is 53.4 Å². The van der Waals surface area contributed by atoms with Crippen molar-refractivity contribution >= 4 is 11.6 Å². The van der Waals surface area contributed by atoms with Gasteiger partial charge in [0.25, 0.3) is 0 Å². The van der Waals surface area contributed by atoms with Crippen LogP contribution in [0.2, 0.25) is 5.02 Å². The fraction of sp³-hybridized carbons (Fsp3) is 0.143. The van der Waals surface area contributed by atoms with Gasteiger partial charge in [-0.3, -0.25) is 0 Å². The van der Waals surface area contributed by atoms with Crippen molar-refractivity contribution < 1.29 is 9.47 Å². The molecule has 3 rings (SSSR count). The van der Waals surface area contributed by atoms with Crippen LogP contribution in [0.3, 0.4) is 0 Å². The molecule has 0 aliphatic carbocycles. The van der Waals surface area contributed by atoms with Crippen LogP contribution < -0.4 is 9.47 Å². The zero-order valence-electron chi connectivity index (χ0n) is 11.7. The molecular weight excluding hydrogens is 306 g/mol. The van der Waals surface area contributed by atoms with E-state index >= 15 is 0 Å². The van der Waals surface area contributed by atoms with Gasteiger partial charge in [0.2, 0.25) is 5.88 Å². The van der Waals surface area contributed by atoms with Crippen LogP contribution >= 0.6 is 11.6 Å². The van der Waals surface area contributed by atoms with Crippen LogP contribution in [0, 0.1) is 0 Å². The standard InChI is InChI=1S/C14H12ClN5O2/c1-21-14-16-7-6-13(17-14)22-9-11-8-20(19-18-11)12-4-2-10(15)3-5-12/h2-8H,9H2,1H3. The minimum atomic E-state index is 0.244. The number of methoxy groups -OCH3 is 1. The molecule has 0 atom stereocenters. The summed E-state index contributed by atoms with van der Waals surface area (Å²) in [6.07, 6.45) is 3.34. The molecule has 8 heteroatoms. The normalized spacial score (nSPS) is 10.5. The van der Waals surface area contributed by atoms with E-state index in [9.17, 15) is 0 Å². The number of hydrogen-bond donors (Lipinski definition) is 0. The van der Waals surface area contributed by atoms with Gasteiger partial charge in [0.05, 0.1) is 19.0 Å². The van der Waals surface area contributed by atoms with Gasteiger partial charge in [-0.15, -0.1) is 5.10 Å². The van der Waals surface area contributed by atoms with E-state index in [1.54, 1.807) is 35.3 Å². The Labute approximate surface area is 131 Å². The molecule has 0 spiro atoms. The third-order valence-electron chi connectivity index (χ3n) is 2.79. The summed E-state index contributed by atoms with van der Waals surface area (Å²) in [6.45, 7) is 0.244. The van der Waals surface area contributed by atoms with Gasteiger partial charge in [0.1, 0.15) is 12.3 Å². The number of nitrogens with zero attached hydrogens (tertiary/aromatic N) is 5. The van der Waals surface area contributed by atoms with Crippen LogP contribution in [0.5, 0.6) is 11.9 Å². The minimum Gasteiger partial charge on any atom is -0.471 e. The summed E-state index contributed by atoms with van der Waals surface area (Å²) < 4.78 is 12.1. The van der Waals surface area contributed by atoms with E-state index in [0.717, 1.165) is 5.69 Å². The molecule has 2 aromatic heterocycles. The Morgan fingerprint density at radius 2 is 2.00 bits per heavy atom. The van der Waals surface area contributed by atoms with E-state index in [1.807, 2.05) is 12.1 Å². The number of halogens is 1. The van der Waals surface area contributed by atoms with Gasteiger partial charge in [-0.25, -0.2) is 9.67 Å². The Morgan fingerprint density at radius 1 is 1.18 bits per heavy atom. The molecule has 0 unspecified atom stereocenters. The van der Waals surface area contributed by atoms with Crippen molar-refractivity contribution in [1.82, 2.24) is 25.0 Å². The van der Waals surface area contributed by atoms with Crippen LogP contribution in [-0.4, -0.2) is 32.1 Å². The lowest BCUT2D eigenvalue weighted by atomic mass is 10.3. The van der Waals surface area contributed by atoms with Crippen molar-refractivity contribution in [2.45, 2.75) is 6.61 Å². The van der Waals surface area contributed by atoms with E-state index in [-0.39, 0.29) is 12.6 Å². The zero-order chi connectivity index (χ0) is 15.4. The lowest BCUT2D eigenvalue weighted by Crippen LogP contribution is -1.99. The van der Waals surface area contributed by atoms with Crippen molar-refractivity contribution in [3.8, 4) is 17.6 Å². The first-order valence-corrected chi connectivity index (χ1v) is 6.79. The molecule has 7 nitrogen and oxygen atoms in total. The Morgan fingerprint density at radius 3 is 2.77 bits per heavy atom. The van der Waals surface area contributed by atoms with Gasteiger partial charge in [-0.1, -0.05) is 16.8 Å². The maximum atomic E-state index is 5.86. The number of rotatable bonds is 5. The van der Waals surface area contributed by atoms with Gasteiger partial charge in [0, 0.05) is 17.3 Å². The highest BCUT2D eigenvalue weighted by atomic mass is 35.5. The lowest BCUT2D eigenvalue weighted by Gasteiger charge is -2.03. The highest BCUT2D eigenvalue weighted by Crippen LogP contribution is 2.14. The van der Waals surface area contributed by atoms with E-state index in [0.29, 0.717) is 16.6 Å². The van der Waals surface area contributed by atoms with Crippen molar-refractivity contribution in [3.63, 3.8) is 0 Å². The highest BCUT2D eigenvalue weighted by Gasteiger charge is 2.05. The SMILES string of the molecule is COc1nccc(OCc2cn(-c3ccc(Cl)cc3)nn2)n1. The summed E-state index contributed by atoms with van der Waals surface area (Å²) in [7, 11) is 1.50. The quantitative estimate of drug-likeness (QED) is 0.718. The molecule has 0 radical (unpaired) electrons. The highest BCUT2D eigenvalue weighted by molar-refractivity contribution is 6.30. The second-order valence-electron chi connectivity index (χ2n) is 4.30. The molecule has 0 N–H and O–H groups in total.